The van der Waals surface area contributed by atoms with Crippen LogP contribution in [0.1, 0.15) is 18.2 Å². The predicted molar refractivity (Wildman–Crippen MR) is 76.1 cm³/mol. The van der Waals surface area contributed by atoms with Crippen LogP contribution in [0.3, 0.4) is 0 Å². The zero-order valence-electron chi connectivity index (χ0n) is 10.8. The molecular weight excluding hydrogens is 262 g/mol. The molecule has 0 fully saturated rings. The summed E-state index contributed by atoms with van der Waals surface area (Å²) in [5.41, 5.74) is 1.66. The van der Waals surface area contributed by atoms with Crippen LogP contribution in [0, 0.1) is 0 Å². The number of aliphatic hydroxyl groups is 1. The molecule has 2 rings (SSSR count). The Morgan fingerprint density at radius 3 is 2.79 bits per heavy atom. The number of rotatable bonds is 5. The minimum atomic E-state index is -0.0878. The fourth-order valence-corrected chi connectivity index (χ4v) is 1.97. The summed E-state index contributed by atoms with van der Waals surface area (Å²) >= 11 is 5.95. The molecule has 5 heteroatoms. The van der Waals surface area contributed by atoms with Crippen LogP contribution >= 0.6 is 11.6 Å². The third kappa shape index (κ3) is 3.43. The Bertz CT molecular complexity index is 533. The number of aromatic nitrogens is 2. The Kier molecular flexibility index (Phi) is 4.71. The van der Waals surface area contributed by atoms with Gasteiger partial charge >= 0.3 is 0 Å². The Morgan fingerprint density at radius 1 is 1.32 bits per heavy atom. The molecule has 0 spiro atoms. The topological polar surface area (TPSA) is 49.2 Å². The van der Waals surface area contributed by atoms with Gasteiger partial charge in [-0.2, -0.15) is 0 Å². The average Bonchev–Trinajstić information content (AvgIpc) is 2.46. The van der Waals surface area contributed by atoms with Crippen molar-refractivity contribution in [3.63, 3.8) is 0 Å². The van der Waals surface area contributed by atoms with Gasteiger partial charge in [0, 0.05) is 24.5 Å². The lowest BCUT2D eigenvalue weighted by atomic mass is 10.2. The number of aliphatic hydroxyl groups excluding tert-OH is 1. The van der Waals surface area contributed by atoms with Gasteiger partial charge in [0.05, 0.1) is 23.9 Å². The highest BCUT2D eigenvalue weighted by Crippen LogP contribution is 2.21. The summed E-state index contributed by atoms with van der Waals surface area (Å²) in [7, 11) is 0. The lowest BCUT2D eigenvalue weighted by molar-refractivity contribution is 0.282. The average molecular weight is 278 g/mol. The van der Waals surface area contributed by atoms with Gasteiger partial charge in [-0.15, -0.1) is 0 Å². The molecule has 19 heavy (non-hydrogen) atoms. The van der Waals surface area contributed by atoms with Gasteiger partial charge in [0.2, 0.25) is 0 Å². The highest BCUT2D eigenvalue weighted by molar-refractivity contribution is 6.31. The second kappa shape index (κ2) is 6.50. The van der Waals surface area contributed by atoms with E-state index in [0.29, 0.717) is 17.1 Å². The zero-order chi connectivity index (χ0) is 13.7. The maximum atomic E-state index is 9.24. The van der Waals surface area contributed by atoms with Gasteiger partial charge < -0.3 is 10.0 Å². The Balaban J connectivity index is 2.22. The Hall–Kier alpha value is -1.65. The molecule has 0 bridgehead atoms. The van der Waals surface area contributed by atoms with Gasteiger partial charge in [-0.05, 0) is 25.1 Å². The van der Waals surface area contributed by atoms with Crippen molar-refractivity contribution in [2.24, 2.45) is 0 Å². The molecule has 0 saturated heterocycles. The second-order valence-corrected chi connectivity index (χ2v) is 4.53. The fraction of sp³-hybridized carbons (Fsp3) is 0.286. The number of halogens is 1. The minimum Gasteiger partial charge on any atom is -0.392 e. The van der Waals surface area contributed by atoms with Crippen molar-refractivity contribution in [1.82, 2.24) is 9.97 Å². The van der Waals surface area contributed by atoms with E-state index in [-0.39, 0.29) is 6.61 Å². The van der Waals surface area contributed by atoms with Gasteiger partial charge in [0.15, 0.2) is 0 Å². The first-order chi connectivity index (χ1) is 9.24. The molecule has 2 aromatic heterocycles. The van der Waals surface area contributed by atoms with Crippen molar-refractivity contribution in [2.45, 2.75) is 20.1 Å². The van der Waals surface area contributed by atoms with Crippen molar-refractivity contribution in [1.29, 1.82) is 0 Å². The van der Waals surface area contributed by atoms with Crippen LogP contribution in [0.5, 0.6) is 0 Å². The standard InChI is InChI=1S/C14H16ClN3O/c1-2-18(9-12-5-3-4-6-16-12)14-7-11(10-19)13(15)8-17-14/h3-8,19H,2,9-10H2,1H3. The van der Waals surface area contributed by atoms with Gasteiger partial charge in [-0.1, -0.05) is 17.7 Å². The molecule has 1 N–H and O–H groups in total. The third-order valence-electron chi connectivity index (χ3n) is 2.88. The first-order valence-electron chi connectivity index (χ1n) is 6.14. The van der Waals surface area contributed by atoms with E-state index in [9.17, 15) is 5.11 Å². The molecule has 2 heterocycles. The minimum absolute atomic E-state index is 0.0878. The van der Waals surface area contributed by atoms with Gasteiger partial charge in [0.1, 0.15) is 5.82 Å². The molecule has 0 aromatic carbocycles. The van der Waals surface area contributed by atoms with Crippen LogP contribution in [-0.4, -0.2) is 21.6 Å². The molecule has 2 aromatic rings. The Labute approximate surface area is 117 Å². The van der Waals surface area contributed by atoms with E-state index in [1.54, 1.807) is 12.4 Å². The summed E-state index contributed by atoms with van der Waals surface area (Å²) < 4.78 is 0. The second-order valence-electron chi connectivity index (χ2n) is 4.13. The monoisotopic (exact) mass is 277 g/mol. The highest BCUT2D eigenvalue weighted by Gasteiger charge is 2.10. The van der Waals surface area contributed by atoms with E-state index in [0.717, 1.165) is 18.1 Å². The molecule has 0 unspecified atom stereocenters. The van der Waals surface area contributed by atoms with Gasteiger partial charge in [0.25, 0.3) is 0 Å². The third-order valence-corrected chi connectivity index (χ3v) is 3.22. The summed E-state index contributed by atoms with van der Waals surface area (Å²) in [6, 6.07) is 7.65. The quantitative estimate of drug-likeness (QED) is 0.913. The van der Waals surface area contributed by atoms with Crippen LogP contribution in [0.2, 0.25) is 5.02 Å². The molecule has 100 valence electrons. The summed E-state index contributed by atoms with van der Waals surface area (Å²) in [5, 5.41) is 9.73. The van der Waals surface area contributed by atoms with Crippen LogP contribution in [-0.2, 0) is 13.2 Å². The number of anilines is 1. The van der Waals surface area contributed by atoms with E-state index >= 15 is 0 Å². The summed E-state index contributed by atoms with van der Waals surface area (Å²) in [5.74, 6) is 0.793. The van der Waals surface area contributed by atoms with Crippen LogP contribution in [0.4, 0.5) is 5.82 Å². The van der Waals surface area contributed by atoms with Crippen LogP contribution < -0.4 is 4.90 Å². The molecule has 0 aliphatic rings. The number of hydrogen-bond acceptors (Lipinski definition) is 4. The largest absolute Gasteiger partial charge is 0.392 e. The normalized spacial score (nSPS) is 10.5. The van der Waals surface area contributed by atoms with Crippen LogP contribution in [0.25, 0.3) is 0 Å². The SMILES string of the molecule is CCN(Cc1ccccn1)c1cc(CO)c(Cl)cn1. The molecule has 0 aliphatic carbocycles. The first-order valence-corrected chi connectivity index (χ1v) is 6.52. The lowest BCUT2D eigenvalue weighted by Crippen LogP contribution is -2.23. The van der Waals surface area contributed by atoms with Crippen molar-refractivity contribution in [3.8, 4) is 0 Å². The molecule has 0 radical (unpaired) electrons. The summed E-state index contributed by atoms with van der Waals surface area (Å²) in [4.78, 5) is 10.7. The van der Waals surface area contributed by atoms with Crippen molar-refractivity contribution in [2.75, 3.05) is 11.4 Å². The van der Waals surface area contributed by atoms with Crippen molar-refractivity contribution >= 4 is 17.4 Å². The van der Waals surface area contributed by atoms with Gasteiger partial charge in [-0.25, -0.2) is 4.98 Å². The van der Waals surface area contributed by atoms with E-state index in [1.165, 1.54) is 0 Å². The van der Waals surface area contributed by atoms with E-state index in [2.05, 4.69) is 21.8 Å². The smallest absolute Gasteiger partial charge is 0.129 e. The van der Waals surface area contributed by atoms with Crippen LogP contribution in [0.15, 0.2) is 36.7 Å². The summed E-state index contributed by atoms with van der Waals surface area (Å²) in [6.07, 6.45) is 3.35. The molecule has 0 atom stereocenters. The fourth-order valence-electron chi connectivity index (χ4n) is 1.80. The maximum absolute atomic E-state index is 9.24. The highest BCUT2D eigenvalue weighted by atomic mass is 35.5. The summed E-state index contributed by atoms with van der Waals surface area (Å²) in [6.45, 7) is 3.44. The molecule has 0 amide bonds. The van der Waals surface area contributed by atoms with Crippen molar-refractivity contribution in [3.05, 3.63) is 52.9 Å². The number of hydrogen-bond donors (Lipinski definition) is 1. The molecular formula is C14H16ClN3O. The van der Waals surface area contributed by atoms with E-state index in [1.807, 2.05) is 24.3 Å². The maximum Gasteiger partial charge on any atom is 0.129 e. The Morgan fingerprint density at radius 2 is 2.16 bits per heavy atom. The predicted octanol–water partition coefficient (Wildman–Crippen LogP) is 2.65. The first kappa shape index (κ1) is 13.8. The number of nitrogens with zero attached hydrogens (tertiary/aromatic N) is 3. The van der Waals surface area contributed by atoms with Crippen molar-refractivity contribution < 1.29 is 5.11 Å². The molecule has 0 aliphatic heterocycles. The molecule has 0 saturated carbocycles. The van der Waals surface area contributed by atoms with Gasteiger partial charge in [-0.3, -0.25) is 4.98 Å². The number of pyridine rings is 2. The molecule has 4 nitrogen and oxygen atoms in total. The zero-order valence-corrected chi connectivity index (χ0v) is 11.5. The van der Waals surface area contributed by atoms with E-state index in [4.69, 9.17) is 11.6 Å². The van der Waals surface area contributed by atoms with E-state index < -0.39 is 0 Å². The lowest BCUT2D eigenvalue weighted by Gasteiger charge is -2.22.